The molecule has 0 aliphatic carbocycles. The fourth-order valence-electron chi connectivity index (χ4n) is 2.83. The zero-order chi connectivity index (χ0) is 15.0. The molecule has 0 bridgehead atoms. The van der Waals surface area contributed by atoms with Crippen molar-refractivity contribution in [2.45, 2.75) is 13.0 Å². The Balaban J connectivity index is 2.15. The first kappa shape index (κ1) is 13.5. The molecule has 1 aromatic heterocycles. The standard InChI is InChI=1S/C16H17NO4/c1-19-14-8-10-6-7-17-12(11(10)9-15(14)20-2)4-5-13(17)16(18)21-3/h4-5,8-9H,6-7H2,1-3H3. The number of nitrogens with zero attached hydrogens (tertiary/aromatic N) is 1. The van der Waals surface area contributed by atoms with Gasteiger partial charge in [-0.25, -0.2) is 4.79 Å². The summed E-state index contributed by atoms with van der Waals surface area (Å²) in [5, 5.41) is 0. The Morgan fingerprint density at radius 3 is 2.48 bits per heavy atom. The molecule has 0 fully saturated rings. The maximum absolute atomic E-state index is 11.8. The van der Waals surface area contributed by atoms with E-state index >= 15 is 0 Å². The highest BCUT2D eigenvalue weighted by Gasteiger charge is 2.23. The van der Waals surface area contributed by atoms with E-state index in [0.29, 0.717) is 11.4 Å². The number of fused-ring (bicyclic) bond motifs is 3. The molecule has 2 aromatic rings. The summed E-state index contributed by atoms with van der Waals surface area (Å²) in [4.78, 5) is 11.8. The molecule has 0 amide bonds. The Morgan fingerprint density at radius 1 is 1.10 bits per heavy atom. The lowest BCUT2D eigenvalue weighted by atomic mass is 9.97. The van der Waals surface area contributed by atoms with Crippen LogP contribution in [0.2, 0.25) is 0 Å². The molecule has 0 spiro atoms. The second kappa shape index (κ2) is 5.16. The fourth-order valence-corrected chi connectivity index (χ4v) is 2.83. The van der Waals surface area contributed by atoms with Gasteiger partial charge in [-0.3, -0.25) is 0 Å². The smallest absolute Gasteiger partial charge is 0.354 e. The van der Waals surface area contributed by atoms with Crippen molar-refractivity contribution in [2.24, 2.45) is 0 Å². The highest BCUT2D eigenvalue weighted by Crippen LogP contribution is 2.39. The highest BCUT2D eigenvalue weighted by atomic mass is 16.5. The molecule has 1 aliphatic heterocycles. The average molecular weight is 287 g/mol. The molecule has 0 saturated heterocycles. The molecule has 21 heavy (non-hydrogen) atoms. The summed E-state index contributed by atoms with van der Waals surface area (Å²) in [5.74, 6) is 1.10. The molecule has 0 unspecified atom stereocenters. The second-order valence-corrected chi connectivity index (χ2v) is 4.86. The van der Waals surface area contributed by atoms with Crippen molar-refractivity contribution in [3.8, 4) is 22.8 Å². The number of ether oxygens (including phenoxy) is 3. The van der Waals surface area contributed by atoms with Crippen molar-refractivity contribution in [3.05, 3.63) is 35.5 Å². The zero-order valence-electron chi connectivity index (χ0n) is 12.3. The minimum Gasteiger partial charge on any atom is -0.493 e. The first-order valence-electron chi connectivity index (χ1n) is 6.72. The van der Waals surface area contributed by atoms with Gasteiger partial charge in [0.15, 0.2) is 11.5 Å². The van der Waals surface area contributed by atoms with Crippen LogP contribution in [-0.4, -0.2) is 31.9 Å². The van der Waals surface area contributed by atoms with Gasteiger partial charge in [-0.15, -0.1) is 0 Å². The van der Waals surface area contributed by atoms with Gasteiger partial charge in [0.25, 0.3) is 0 Å². The summed E-state index contributed by atoms with van der Waals surface area (Å²) < 4.78 is 17.5. The van der Waals surface area contributed by atoms with E-state index in [1.54, 1.807) is 20.3 Å². The molecule has 5 heteroatoms. The molecular formula is C16H17NO4. The van der Waals surface area contributed by atoms with Gasteiger partial charge >= 0.3 is 5.97 Å². The van der Waals surface area contributed by atoms with Crippen LogP contribution < -0.4 is 9.47 Å². The molecule has 3 rings (SSSR count). The molecule has 1 aliphatic rings. The number of rotatable bonds is 3. The van der Waals surface area contributed by atoms with Crippen molar-refractivity contribution in [2.75, 3.05) is 21.3 Å². The number of carbonyl (C=O) groups is 1. The van der Waals surface area contributed by atoms with Crippen LogP contribution >= 0.6 is 0 Å². The first-order chi connectivity index (χ1) is 10.2. The third-order valence-corrected chi connectivity index (χ3v) is 3.87. The maximum atomic E-state index is 11.8. The predicted octanol–water partition coefficient (Wildman–Crippen LogP) is 2.52. The summed E-state index contributed by atoms with van der Waals surface area (Å²) in [6.07, 6.45) is 0.835. The molecule has 0 N–H and O–H groups in total. The molecule has 5 nitrogen and oxygen atoms in total. The van der Waals surface area contributed by atoms with Gasteiger partial charge in [-0.05, 0) is 36.2 Å². The van der Waals surface area contributed by atoms with Crippen LogP contribution in [-0.2, 0) is 17.7 Å². The average Bonchev–Trinajstić information content (AvgIpc) is 2.96. The molecule has 0 atom stereocenters. The molecule has 2 heterocycles. The van der Waals surface area contributed by atoms with Gasteiger partial charge in [0.05, 0.1) is 21.3 Å². The third-order valence-electron chi connectivity index (χ3n) is 3.87. The normalized spacial score (nSPS) is 12.3. The number of methoxy groups -OCH3 is 3. The SMILES string of the molecule is COC(=O)c1ccc2n1CCc1cc(OC)c(OC)cc1-2. The number of esters is 1. The van der Waals surface area contributed by atoms with E-state index in [9.17, 15) is 4.79 Å². The summed E-state index contributed by atoms with van der Waals surface area (Å²) in [6, 6.07) is 7.70. The molecular weight excluding hydrogens is 270 g/mol. The van der Waals surface area contributed by atoms with Crippen LogP contribution in [0.4, 0.5) is 0 Å². The van der Waals surface area contributed by atoms with Crippen molar-refractivity contribution < 1.29 is 19.0 Å². The summed E-state index contributed by atoms with van der Waals surface area (Å²) >= 11 is 0. The zero-order valence-corrected chi connectivity index (χ0v) is 12.3. The minimum atomic E-state index is -0.315. The lowest BCUT2D eigenvalue weighted by molar-refractivity contribution is 0.0588. The minimum absolute atomic E-state index is 0.315. The van der Waals surface area contributed by atoms with Gasteiger partial charge in [-0.1, -0.05) is 0 Å². The Kier molecular flexibility index (Phi) is 3.33. The lowest BCUT2D eigenvalue weighted by Gasteiger charge is -2.22. The Bertz CT molecular complexity index is 703. The Hall–Kier alpha value is -2.43. The molecule has 0 saturated carbocycles. The summed E-state index contributed by atoms with van der Waals surface area (Å²) in [5.41, 5.74) is 3.83. The second-order valence-electron chi connectivity index (χ2n) is 4.86. The number of hydrogen-bond donors (Lipinski definition) is 0. The van der Waals surface area contributed by atoms with Crippen LogP contribution in [0.25, 0.3) is 11.3 Å². The Morgan fingerprint density at radius 2 is 1.81 bits per heavy atom. The van der Waals surface area contributed by atoms with Gasteiger partial charge < -0.3 is 18.8 Å². The van der Waals surface area contributed by atoms with Gasteiger partial charge in [0.1, 0.15) is 5.69 Å². The van der Waals surface area contributed by atoms with Crippen molar-refractivity contribution in [3.63, 3.8) is 0 Å². The van der Waals surface area contributed by atoms with E-state index in [-0.39, 0.29) is 5.97 Å². The monoisotopic (exact) mass is 287 g/mol. The Labute approximate surface area is 123 Å². The number of hydrogen-bond acceptors (Lipinski definition) is 4. The molecule has 1 aromatic carbocycles. The maximum Gasteiger partial charge on any atom is 0.354 e. The van der Waals surface area contributed by atoms with Crippen molar-refractivity contribution in [1.82, 2.24) is 4.57 Å². The van der Waals surface area contributed by atoms with Crippen LogP contribution in [0.15, 0.2) is 24.3 Å². The van der Waals surface area contributed by atoms with E-state index < -0.39 is 0 Å². The van der Waals surface area contributed by atoms with Crippen LogP contribution in [0.1, 0.15) is 16.1 Å². The van der Waals surface area contributed by atoms with E-state index in [1.165, 1.54) is 12.7 Å². The summed E-state index contributed by atoms with van der Waals surface area (Å²) in [6.45, 7) is 0.745. The van der Waals surface area contributed by atoms with Gasteiger partial charge in [0, 0.05) is 17.8 Å². The van der Waals surface area contributed by atoms with Gasteiger partial charge in [-0.2, -0.15) is 0 Å². The fraction of sp³-hybridized carbons (Fsp3) is 0.312. The number of aromatic nitrogens is 1. The van der Waals surface area contributed by atoms with Crippen molar-refractivity contribution in [1.29, 1.82) is 0 Å². The largest absolute Gasteiger partial charge is 0.493 e. The first-order valence-corrected chi connectivity index (χ1v) is 6.72. The van der Waals surface area contributed by atoms with E-state index in [1.807, 2.05) is 22.8 Å². The van der Waals surface area contributed by atoms with E-state index in [2.05, 4.69) is 0 Å². The predicted molar refractivity (Wildman–Crippen MR) is 78.0 cm³/mol. The topological polar surface area (TPSA) is 49.7 Å². The number of benzene rings is 1. The number of aryl methyl sites for hydroxylation is 1. The van der Waals surface area contributed by atoms with E-state index in [4.69, 9.17) is 14.2 Å². The third kappa shape index (κ3) is 2.05. The highest BCUT2D eigenvalue weighted by molar-refractivity contribution is 5.89. The van der Waals surface area contributed by atoms with Crippen LogP contribution in [0.5, 0.6) is 11.5 Å². The lowest BCUT2D eigenvalue weighted by Crippen LogP contribution is -2.16. The quantitative estimate of drug-likeness (QED) is 0.814. The molecule has 110 valence electrons. The van der Waals surface area contributed by atoms with Crippen molar-refractivity contribution >= 4 is 5.97 Å². The van der Waals surface area contributed by atoms with Crippen LogP contribution in [0, 0.1) is 0 Å². The number of carbonyl (C=O) groups excluding carboxylic acids is 1. The molecule has 0 radical (unpaired) electrons. The van der Waals surface area contributed by atoms with Crippen LogP contribution in [0.3, 0.4) is 0 Å². The van der Waals surface area contributed by atoms with E-state index in [0.717, 1.165) is 30.0 Å². The summed E-state index contributed by atoms with van der Waals surface area (Å²) in [7, 11) is 4.64. The van der Waals surface area contributed by atoms with Gasteiger partial charge in [0.2, 0.25) is 0 Å².